The fraction of sp³-hybridized carbons (Fsp3) is 0.480. The third kappa shape index (κ3) is 4.17. The van der Waals surface area contributed by atoms with Gasteiger partial charge < -0.3 is 19.5 Å². The van der Waals surface area contributed by atoms with Crippen molar-refractivity contribution in [3.63, 3.8) is 0 Å². The summed E-state index contributed by atoms with van der Waals surface area (Å²) in [7, 11) is 0. The van der Waals surface area contributed by atoms with Gasteiger partial charge in [-0.2, -0.15) is 0 Å². The van der Waals surface area contributed by atoms with Crippen molar-refractivity contribution in [2.45, 2.75) is 52.0 Å². The van der Waals surface area contributed by atoms with Gasteiger partial charge in [0.25, 0.3) is 0 Å². The zero-order chi connectivity index (χ0) is 20.9. The minimum atomic E-state index is 0.00575. The summed E-state index contributed by atoms with van der Waals surface area (Å²) in [5.41, 5.74) is 3.00. The number of rotatable bonds is 10. The number of hydrogen-bond acceptors (Lipinski definition) is 5. The molecular formula is C25H31NO4. The number of ether oxygens (including phenoxy) is 3. The van der Waals surface area contributed by atoms with Gasteiger partial charge in [-0.25, -0.2) is 0 Å². The van der Waals surface area contributed by atoms with Crippen LogP contribution >= 0.6 is 0 Å². The molecule has 1 N–H and O–H groups in total. The van der Waals surface area contributed by atoms with Crippen LogP contribution in [0.15, 0.2) is 30.3 Å². The van der Waals surface area contributed by atoms with Crippen molar-refractivity contribution in [3.05, 3.63) is 41.5 Å². The van der Waals surface area contributed by atoms with Gasteiger partial charge in [0, 0.05) is 34.4 Å². The van der Waals surface area contributed by atoms with Crippen molar-refractivity contribution in [1.82, 2.24) is 5.32 Å². The number of hydrogen-bond donors (Lipinski definition) is 1. The largest absolute Gasteiger partial charge is 0.493 e. The molecule has 1 aliphatic heterocycles. The molecule has 4 rings (SSSR count). The van der Waals surface area contributed by atoms with E-state index in [-0.39, 0.29) is 5.78 Å². The Morgan fingerprint density at radius 1 is 0.933 bits per heavy atom. The van der Waals surface area contributed by atoms with E-state index in [2.05, 4.69) is 19.2 Å². The second kappa shape index (κ2) is 9.52. The summed E-state index contributed by atoms with van der Waals surface area (Å²) in [4.78, 5) is 13.2. The maximum Gasteiger partial charge on any atom is 0.194 e. The Morgan fingerprint density at radius 2 is 1.70 bits per heavy atom. The van der Waals surface area contributed by atoms with Crippen LogP contribution in [0.3, 0.4) is 0 Å². The Bertz CT molecular complexity index is 902. The van der Waals surface area contributed by atoms with Gasteiger partial charge in [-0.05, 0) is 50.8 Å². The van der Waals surface area contributed by atoms with Gasteiger partial charge in [0.2, 0.25) is 0 Å². The van der Waals surface area contributed by atoms with E-state index in [4.69, 9.17) is 14.2 Å². The minimum Gasteiger partial charge on any atom is -0.493 e. The SMILES string of the molecule is CCCOc1cc(OCCC)c2c(c1)C(=O)c1cccc(OCCC3CCCN3)c1-2. The zero-order valence-electron chi connectivity index (χ0n) is 18.0. The maximum absolute atomic E-state index is 13.2. The first-order valence-corrected chi connectivity index (χ1v) is 11.2. The van der Waals surface area contributed by atoms with Gasteiger partial charge >= 0.3 is 0 Å². The summed E-state index contributed by atoms with van der Waals surface area (Å²) in [6, 6.07) is 10.0. The third-order valence-corrected chi connectivity index (χ3v) is 5.66. The van der Waals surface area contributed by atoms with E-state index in [1.165, 1.54) is 12.8 Å². The molecule has 1 saturated heterocycles. The number of carbonyl (C=O) groups is 1. The van der Waals surface area contributed by atoms with E-state index in [0.29, 0.717) is 48.5 Å². The lowest BCUT2D eigenvalue weighted by Gasteiger charge is -2.16. The Morgan fingerprint density at radius 3 is 2.47 bits per heavy atom. The topological polar surface area (TPSA) is 56.8 Å². The van der Waals surface area contributed by atoms with Gasteiger partial charge in [-0.15, -0.1) is 0 Å². The number of fused-ring (bicyclic) bond motifs is 3. The Kier molecular flexibility index (Phi) is 6.58. The second-order valence-corrected chi connectivity index (χ2v) is 7.98. The molecule has 0 aromatic heterocycles. The van der Waals surface area contributed by atoms with Crippen molar-refractivity contribution in [2.24, 2.45) is 0 Å². The van der Waals surface area contributed by atoms with Crippen LogP contribution in [0.5, 0.6) is 17.2 Å². The van der Waals surface area contributed by atoms with Crippen molar-refractivity contribution >= 4 is 5.78 Å². The molecule has 0 radical (unpaired) electrons. The van der Waals surface area contributed by atoms with E-state index in [0.717, 1.165) is 42.7 Å². The first-order valence-electron chi connectivity index (χ1n) is 11.2. The van der Waals surface area contributed by atoms with Crippen molar-refractivity contribution in [1.29, 1.82) is 0 Å². The summed E-state index contributed by atoms with van der Waals surface area (Å²) in [6.07, 6.45) is 5.20. The number of ketones is 1. The molecule has 0 spiro atoms. The Labute approximate surface area is 178 Å². The minimum absolute atomic E-state index is 0.00575. The molecular weight excluding hydrogens is 378 g/mol. The van der Waals surface area contributed by atoms with E-state index in [9.17, 15) is 4.79 Å². The van der Waals surface area contributed by atoms with Crippen LogP contribution in [-0.2, 0) is 0 Å². The molecule has 5 heteroatoms. The molecule has 2 aromatic carbocycles. The van der Waals surface area contributed by atoms with E-state index in [1.807, 2.05) is 30.3 Å². The van der Waals surface area contributed by atoms with Crippen LogP contribution in [0.2, 0.25) is 0 Å². The number of benzene rings is 2. The molecule has 30 heavy (non-hydrogen) atoms. The quantitative estimate of drug-likeness (QED) is 0.511. The predicted molar refractivity (Wildman–Crippen MR) is 118 cm³/mol. The molecule has 1 unspecified atom stereocenters. The highest BCUT2D eigenvalue weighted by Gasteiger charge is 2.33. The predicted octanol–water partition coefficient (Wildman–Crippen LogP) is 5.00. The van der Waals surface area contributed by atoms with Crippen molar-refractivity contribution in [3.8, 4) is 28.4 Å². The van der Waals surface area contributed by atoms with Crippen LogP contribution in [0.25, 0.3) is 11.1 Å². The van der Waals surface area contributed by atoms with Gasteiger partial charge in [0.1, 0.15) is 17.2 Å². The highest BCUT2D eigenvalue weighted by Crippen LogP contribution is 2.49. The first kappa shape index (κ1) is 20.7. The standard InChI is InChI=1S/C25H31NO4/c1-3-12-28-18-15-20-24(22(16-18)29-13-4-2)23-19(25(20)27)8-5-9-21(23)30-14-10-17-7-6-11-26-17/h5,8-9,15-17,26H,3-4,6-7,10-14H2,1-2H3. The highest BCUT2D eigenvalue weighted by molar-refractivity contribution is 6.23. The highest BCUT2D eigenvalue weighted by atomic mass is 16.5. The van der Waals surface area contributed by atoms with Crippen LogP contribution in [0.4, 0.5) is 0 Å². The molecule has 1 aliphatic carbocycles. The lowest BCUT2D eigenvalue weighted by atomic mass is 10.0. The molecule has 2 aromatic rings. The molecule has 1 fully saturated rings. The first-order chi connectivity index (χ1) is 14.7. The van der Waals surface area contributed by atoms with Crippen LogP contribution in [0.1, 0.15) is 61.9 Å². The maximum atomic E-state index is 13.2. The van der Waals surface area contributed by atoms with Gasteiger partial charge in [0.15, 0.2) is 5.78 Å². The van der Waals surface area contributed by atoms with Crippen LogP contribution in [0, 0.1) is 0 Å². The van der Waals surface area contributed by atoms with E-state index < -0.39 is 0 Å². The van der Waals surface area contributed by atoms with Gasteiger partial charge in [-0.3, -0.25) is 4.79 Å². The monoisotopic (exact) mass is 409 g/mol. The van der Waals surface area contributed by atoms with Crippen molar-refractivity contribution < 1.29 is 19.0 Å². The van der Waals surface area contributed by atoms with E-state index >= 15 is 0 Å². The molecule has 5 nitrogen and oxygen atoms in total. The average Bonchev–Trinajstić information content (AvgIpc) is 3.38. The molecule has 1 atom stereocenters. The zero-order valence-corrected chi connectivity index (χ0v) is 18.0. The number of nitrogens with one attached hydrogen (secondary N) is 1. The third-order valence-electron chi connectivity index (χ3n) is 5.66. The molecule has 1 heterocycles. The Hall–Kier alpha value is -2.53. The molecule has 0 saturated carbocycles. The summed E-state index contributed by atoms with van der Waals surface area (Å²) in [6.45, 7) is 7.05. The summed E-state index contributed by atoms with van der Waals surface area (Å²) >= 11 is 0. The summed E-state index contributed by atoms with van der Waals surface area (Å²) < 4.78 is 18.1. The second-order valence-electron chi connectivity index (χ2n) is 7.98. The lowest BCUT2D eigenvalue weighted by Crippen LogP contribution is -2.23. The average molecular weight is 410 g/mol. The summed E-state index contributed by atoms with van der Waals surface area (Å²) in [5.74, 6) is 2.13. The van der Waals surface area contributed by atoms with E-state index in [1.54, 1.807) is 0 Å². The fourth-order valence-electron chi connectivity index (χ4n) is 4.21. The van der Waals surface area contributed by atoms with Gasteiger partial charge in [-0.1, -0.05) is 26.0 Å². The summed E-state index contributed by atoms with van der Waals surface area (Å²) in [5, 5.41) is 3.51. The fourth-order valence-corrected chi connectivity index (χ4v) is 4.21. The molecule has 0 bridgehead atoms. The van der Waals surface area contributed by atoms with Crippen LogP contribution < -0.4 is 19.5 Å². The number of carbonyl (C=O) groups excluding carboxylic acids is 1. The molecule has 160 valence electrons. The molecule has 0 amide bonds. The van der Waals surface area contributed by atoms with Gasteiger partial charge in [0.05, 0.1) is 19.8 Å². The van der Waals surface area contributed by atoms with Crippen LogP contribution in [-0.4, -0.2) is 38.2 Å². The lowest BCUT2D eigenvalue weighted by molar-refractivity contribution is 0.104. The van der Waals surface area contributed by atoms with Crippen molar-refractivity contribution in [2.75, 3.05) is 26.4 Å². The smallest absolute Gasteiger partial charge is 0.194 e. The Balaban J connectivity index is 1.67. The molecule has 2 aliphatic rings. The normalized spacial score (nSPS) is 17.0.